The molecule has 1 aromatic carbocycles. The highest BCUT2D eigenvalue weighted by molar-refractivity contribution is 6.32. The molecule has 0 saturated carbocycles. The summed E-state index contributed by atoms with van der Waals surface area (Å²) in [6, 6.07) is 3.77. The van der Waals surface area contributed by atoms with E-state index < -0.39 is 0 Å². The SMILES string of the molecule is C=C(C)COCCNCc1cc(Cl)c(OC)c(OC)c1. The first-order valence-electron chi connectivity index (χ1n) is 6.41. The monoisotopic (exact) mass is 299 g/mol. The van der Waals surface area contributed by atoms with Crippen molar-refractivity contribution < 1.29 is 14.2 Å². The summed E-state index contributed by atoms with van der Waals surface area (Å²) in [4.78, 5) is 0. The maximum absolute atomic E-state index is 6.14. The molecule has 0 spiro atoms. The number of rotatable bonds is 9. The van der Waals surface area contributed by atoms with Gasteiger partial charge in [-0.05, 0) is 24.6 Å². The summed E-state index contributed by atoms with van der Waals surface area (Å²) >= 11 is 6.14. The highest BCUT2D eigenvalue weighted by atomic mass is 35.5. The molecule has 1 aromatic rings. The van der Waals surface area contributed by atoms with Crippen molar-refractivity contribution in [3.63, 3.8) is 0 Å². The highest BCUT2D eigenvalue weighted by Crippen LogP contribution is 2.35. The predicted octanol–water partition coefficient (Wildman–Crippen LogP) is 3.04. The van der Waals surface area contributed by atoms with Crippen LogP contribution in [0.15, 0.2) is 24.3 Å². The van der Waals surface area contributed by atoms with Crippen molar-refractivity contribution in [1.29, 1.82) is 0 Å². The Kier molecular flexibility index (Phi) is 7.44. The van der Waals surface area contributed by atoms with E-state index in [9.17, 15) is 0 Å². The first-order valence-corrected chi connectivity index (χ1v) is 6.79. The molecule has 0 aliphatic rings. The molecule has 0 unspecified atom stereocenters. The zero-order chi connectivity index (χ0) is 15.0. The van der Waals surface area contributed by atoms with E-state index >= 15 is 0 Å². The number of hydrogen-bond donors (Lipinski definition) is 1. The van der Waals surface area contributed by atoms with Crippen LogP contribution < -0.4 is 14.8 Å². The summed E-state index contributed by atoms with van der Waals surface area (Å²) in [6.07, 6.45) is 0. The van der Waals surface area contributed by atoms with E-state index in [1.807, 2.05) is 19.1 Å². The summed E-state index contributed by atoms with van der Waals surface area (Å²) in [6.45, 7) is 8.43. The molecule has 112 valence electrons. The topological polar surface area (TPSA) is 39.7 Å². The second-order valence-electron chi connectivity index (χ2n) is 4.50. The third-order valence-corrected chi connectivity index (χ3v) is 2.87. The normalized spacial score (nSPS) is 10.4. The maximum Gasteiger partial charge on any atom is 0.179 e. The molecule has 1 rings (SSSR count). The van der Waals surface area contributed by atoms with Gasteiger partial charge in [-0.2, -0.15) is 0 Å². The Balaban J connectivity index is 2.44. The molecular formula is C15H22ClNO3. The number of methoxy groups -OCH3 is 2. The quantitative estimate of drug-likeness (QED) is 0.562. The van der Waals surface area contributed by atoms with Crippen molar-refractivity contribution in [2.45, 2.75) is 13.5 Å². The van der Waals surface area contributed by atoms with Crippen LogP contribution in [-0.2, 0) is 11.3 Å². The number of nitrogens with one attached hydrogen (secondary N) is 1. The fraction of sp³-hybridized carbons (Fsp3) is 0.467. The van der Waals surface area contributed by atoms with Gasteiger partial charge in [0.2, 0.25) is 0 Å². The Hall–Kier alpha value is -1.23. The molecular weight excluding hydrogens is 278 g/mol. The zero-order valence-electron chi connectivity index (χ0n) is 12.3. The summed E-state index contributed by atoms with van der Waals surface area (Å²) in [5.41, 5.74) is 2.06. The predicted molar refractivity (Wildman–Crippen MR) is 81.9 cm³/mol. The van der Waals surface area contributed by atoms with Crippen LogP contribution in [0.2, 0.25) is 5.02 Å². The van der Waals surface area contributed by atoms with Crippen LogP contribution in [0.5, 0.6) is 11.5 Å². The van der Waals surface area contributed by atoms with Crippen molar-refractivity contribution in [3.05, 3.63) is 34.9 Å². The van der Waals surface area contributed by atoms with Gasteiger partial charge in [0.15, 0.2) is 11.5 Å². The van der Waals surface area contributed by atoms with Crippen LogP contribution in [0.4, 0.5) is 0 Å². The number of ether oxygens (including phenoxy) is 3. The molecule has 0 fully saturated rings. The Morgan fingerprint density at radius 3 is 2.65 bits per heavy atom. The molecule has 0 heterocycles. The van der Waals surface area contributed by atoms with E-state index in [1.165, 1.54) is 0 Å². The van der Waals surface area contributed by atoms with Crippen LogP contribution >= 0.6 is 11.6 Å². The lowest BCUT2D eigenvalue weighted by Gasteiger charge is -2.12. The Morgan fingerprint density at radius 1 is 1.30 bits per heavy atom. The molecule has 0 saturated heterocycles. The van der Waals surface area contributed by atoms with Crippen LogP contribution in [-0.4, -0.2) is 34.0 Å². The van der Waals surface area contributed by atoms with Gasteiger partial charge in [0.25, 0.3) is 0 Å². The van der Waals surface area contributed by atoms with Gasteiger partial charge in [-0.3, -0.25) is 0 Å². The van der Waals surface area contributed by atoms with Crippen molar-refractivity contribution in [2.24, 2.45) is 0 Å². The summed E-state index contributed by atoms with van der Waals surface area (Å²) in [5.74, 6) is 1.19. The minimum absolute atomic E-state index is 0.544. The van der Waals surface area contributed by atoms with Gasteiger partial charge in [-0.1, -0.05) is 23.8 Å². The molecule has 5 heteroatoms. The molecule has 0 amide bonds. The molecule has 0 aromatic heterocycles. The van der Waals surface area contributed by atoms with Gasteiger partial charge in [0.05, 0.1) is 32.5 Å². The smallest absolute Gasteiger partial charge is 0.179 e. The largest absolute Gasteiger partial charge is 0.493 e. The molecule has 0 aliphatic carbocycles. The third kappa shape index (κ3) is 5.41. The molecule has 0 bridgehead atoms. The van der Waals surface area contributed by atoms with Gasteiger partial charge in [-0.25, -0.2) is 0 Å². The van der Waals surface area contributed by atoms with E-state index in [1.54, 1.807) is 14.2 Å². The lowest BCUT2D eigenvalue weighted by molar-refractivity contribution is 0.158. The maximum atomic E-state index is 6.14. The first kappa shape index (κ1) is 16.8. The zero-order valence-corrected chi connectivity index (χ0v) is 13.0. The Morgan fingerprint density at radius 2 is 2.05 bits per heavy atom. The second-order valence-corrected chi connectivity index (χ2v) is 4.91. The van der Waals surface area contributed by atoms with Crippen LogP contribution in [0.3, 0.4) is 0 Å². The number of hydrogen-bond acceptors (Lipinski definition) is 4. The molecule has 4 nitrogen and oxygen atoms in total. The van der Waals surface area contributed by atoms with Crippen LogP contribution in [0.1, 0.15) is 12.5 Å². The minimum Gasteiger partial charge on any atom is -0.493 e. The van der Waals surface area contributed by atoms with Gasteiger partial charge in [-0.15, -0.1) is 0 Å². The fourth-order valence-corrected chi connectivity index (χ4v) is 2.01. The lowest BCUT2D eigenvalue weighted by Crippen LogP contribution is -2.19. The van der Waals surface area contributed by atoms with Crippen molar-refractivity contribution in [2.75, 3.05) is 34.0 Å². The minimum atomic E-state index is 0.544. The number of benzene rings is 1. The Bertz CT molecular complexity index is 449. The summed E-state index contributed by atoms with van der Waals surface area (Å²) in [5, 5.41) is 3.83. The average Bonchev–Trinajstić information content (AvgIpc) is 2.41. The van der Waals surface area contributed by atoms with E-state index in [-0.39, 0.29) is 0 Å². The third-order valence-electron chi connectivity index (χ3n) is 2.59. The van der Waals surface area contributed by atoms with Crippen LogP contribution in [0.25, 0.3) is 0 Å². The van der Waals surface area contributed by atoms with Gasteiger partial charge >= 0.3 is 0 Å². The highest BCUT2D eigenvalue weighted by Gasteiger charge is 2.10. The summed E-state index contributed by atoms with van der Waals surface area (Å²) in [7, 11) is 3.16. The van der Waals surface area contributed by atoms with E-state index in [4.69, 9.17) is 25.8 Å². The fourth-order valence-electron chi connectivity index (χ4n) is 1.70. The van der Waals surface area contributed by atoms with Crippen LogP contribution in [0, 0.1) is 0 Å². The van der Waals surface area contributed by atoms with E-state index in [0.717, 1.165) is 17.7 Å². The van der Waals surface area contributed by atoms with Crippen molar-refractivity contribution in [3.8, 4) is 11.5 Å². The molecule has 0 atom stereocenters. The van der Waals surface area contributed by atoms with Gasteiger partial charge < -0.3 is 19.5 Å². The first-order chi connectivity index (χ1) is 9.58. The number of halogens is 1. The summed E-state index contributed by atoms with van der Waals surface area (Å²) < 4.78 is 15.9. The standard InChI is InChI=1S/C15H22ClNO3/c1-11(2)10-20-6-5-17-9-12-7-13(16)15(19-4)14(8-12)18-3/h7-8,17H,1,5-6,9-10H2,2-4H3. The van der Waals surface area contributed by atoms with Gasteiger partial charge in [0.1, 0.15) is 0 Å². The second kappa shape index (κ2) is 8.84. The van der Waals surface area contributed by atoms with E-state index in [2.05, 4.69) is 11.9 Å². The van der Waals surface area contributed by atoms with Crippen molar-refractivity contribution in [1.82, 2.24) is 5.32 Å². The van der Waals surface area contributed by atoms with Crippen molar-refractivity contribution >= 4 is 11.6 Å². The average molecular weight is 300 g/mol. The molecule has 0 aliphatic heterocycles. The Labute approximate surface area is 125 Å². The van der Waals surface area contributed by atoms with Gasteiger partial charge in [0, 0.05) is 13.1 Å². The van der Waals surface area contributed by atoms with E-state index in [0.29, 0.717) is 36.3 Å². The molecule has 1 N–H and O–H groups in total. The lowest BCUT2D eigenvalue weighted by atomic mass is 10.2. The molecule has 0 radical (unpaired) electrons. The molecule has 20 heavy (non-hydrogen) atoms.